The van der Waals surface area contributed by atoms with Crippen molar-refractivity contribution in [2.75, 3.05) is 18.6 Å². The Morgan fingerprint density at radius 3 is 2.25 bits per heavy atom. The van der Waals surface area contributed by atoms with E-state index in [0.29, 0.717) is 0 Å². The Kier molecular flexibility index (Phi) is 4.83. The van der Waals surface area contributed by atoms with Gasteiger partial charge < -0.3 is 9.84 Å². The number of nitrogens with zero attached hydrogens (tertiary/aromatic N) is 1. The monoisotopic (exact) mass is 379 g/mol. The standard InChI is InChI=1S/C21H17NO6/c1-4-9-28-21(27)22(3)15-10-14(11(2)23)20(26)17-16(15)18(24)12-7-5-6-8-13(12)19(17)25/h4-8,10,26H,1,9H2,2-3H3. The van der Waals surface area contributed by atoms with Crippen LogP contribution in [0.1, 0.15) is 49.1 Å². The van der Waals surface area contributed by atoms with Gasteiger partial charge in [-0.15, -0.1) is 0 Å². The van der Waals surface area contributed by atoms with E-state index in [0.717, 1.165) is 4.90 Å². The van der Waals surface area contributed by atoms with Crippen molar-refractivity contribution in [2.45, 2.75) is 6.92 Å². The molecule has 0 aliphatic heterocycles. The Morgan fingerprint density at radius 1 is 1.14 bits per heavy atom. The van der Waals surface area contributed by atoms with E-state index in [1.54, 1.807) is 12.1 Å². The van der Waals surface area contributed by atoms with Crippen LogP contribution in [-0.2, 0) is 4.74 Å². The van der Waals surface area contributed by atoms with Gasteiger partial charge in [-0.1, -0.05) is 36.9 Å². The summed E-state index contributed by atoms with van der Waals surface area (Å²) >= 11 is 0. The normalized spacial score (nSPS) is 12.1. The van der Waals surface area contributed by atoms with Gasteiger partial charge in [0, 0.05) is 18.2 Å². The molecule has 1 aliphatic carbocycles. The van der Waals surface area contributed by atoms with Gasteiger partial charge >= 0.3 is 6.09 Å². The van der Waals surface area contributed by atoms with Gasteiger partial charge in [0.15, 0.2) is 17.3 Å². The number of carbonyl (C=O) groups excluding carboxylic acids is 4. The Labute approximate surface area is 160 Å². The molecule has 0 unspecified atom stereocenters. The lowest BCUT2D eigenvalue weighted by atomic mass is 9.81. The lowest BCUT2D eigenvalue weighted by Crippen LogP contribution is -2.31. The van der Waals surface area contributed by atoms with Gasteiger partial charge in [0.25, 0.3) is 0 Å². The highest BCUT2D eigenvalue weighted by molar-refractivity contribution is 6.32. The third-order valence-corrected chi connectivity index (χ3v) is 4.49. The second-order valence-corrected chi connectivity index (χ2v) is 6.23. The predicted octanol–water partition coefficient (Wildman–Crippen LogP) is 3.13. The number of rotatable bonds is 4. The molecule has 1 N–H and O–H groups in total. The molecule has 0 atom stereocenters. The van der Waals surface area contributed by atoms with Gasteiger partial charge in [0.2, 0.25) is 0 Å². The molecule has 0 aromatic heterocycles. The summed E-state index contributed by atoms with van der Waals surface area (Å²) in [6.45, 7) is 4.61. The number of phenolic OH excluding ortho intramolecular Hbond substituents is 1. The zero-order valence-corrected chi connectivity index (χ0v) is 15.3. The van der Waals surface area contributed by atoms with Crippen LogP contribution in [0, 0.1) is 0 Å². The summed E-state index contributed by atoms with van der Waals surface area (Å²) in [6, 6.07) is 7.39. The molecule has 1 aliphatic rings. The molecule has 2 aromatic carbocycles. The Morgan fingerprint density at radius 2 is 1.71 bits per heavy atom. The van der Waals surface area contributed by atoms with Gasteiger partial charge in [-0.3, -0.25) is 19.3 Å². The van der Waals surface area contributed by atoms with Crippen LogP contribution in [0.4, 0.5) is 10.5 Å². The Bertz CT molecular complexity index is 1050. The molecule has 3 rings (SSSR count). The third-order valence-electron chi connectivity index (χ3n) is 4.49. The van der Waals surface area contributed by atoms with Crippen LogP contribution in [0.2, 0.25) is 0 Å². The molecule has 0 saturated heterocycles. The van der Waals surface area contributed by atoms with Crippen molar-refractivity contribution in [1.82, 2.24) is 0 Å². The number of phenols is 1. The van der Waals surface area contributed by atoms with Gasteiger partial charge in [0.1, 0.15) is 12.4 Å². The largest absolute Gasteiger partial charge is 0.506 e. The zero-order valence-electron chi connectivity index (χ0n) is 15.3. The highest BCUT2D eigenvalue weighted by Crippen LogP contribution is 2.40. The summed E-state index contributed by atoms with van der Waals surface area (Å²) in [5.74, 6) is -2.23. The van der Waals surface area contributed by atoms with Crippen LogP contribution in [0.5, 0.6) is 5.75 Å². The fourth-order valence-corrected chi connectivity index (χ4v) is 3.12. The van der Waals surface area contributed by atoms with Crippen molar-refractivity contribution in [3.63, 3.8) is 0 Å². The molecule has 2 aromatic rings. The molecule has 7 heteroatoms. The minimum absolute atomic E-state index is 0.0000784. The van der Waals surface area contributed by atoms with Crippen molar-refractivity contribution in [1.29, 1.82) is 0 Å². The van der Waals surface area contributed by atoms with Crippen molar-refractivity contribution >= 4 is 29.1 Å². The number of benzene rings is 2. The minimum atomic E-state index is -0.804. The molecule has 0 saturated carbocycles. The average molecular weight is 379 g/mol. The number of Topliss-reactive ketones (excluding diaryl/α,β-unsaturated/α-hetero) is 1. The highest BCUT2D eigenvalue weighted by atomic mass is 16.6. The molecule has 1 amide bonds. The topological polar surface area (TPSA) is 101 Å². The predicted molar refractivity (Wildman–Crippen MR) is 101 cm³/mol. The van der Waals surface area contributed by atoms with Crippen molar-refractivity contribution in [3.05, 3.63) is 70.8 Å². The molecule has 0 heterocycles. The molecule has 0 spiro atoms. The second kappa shape index (κ2) is 7.11. The van der Waals surface area contributed by atoms with Crippen LogP contribution in [0.15, 0.2) is 43.0 Å². The number of anilines is 1. The van der Waals surface area contributed by atoms with Crippen LogP contribution in [0.25, 0.3) is 0 Å². The molecule has 0 bridgehead atoms. The van der Waals surface area contributed by atoms with E-state index < -0.39 is 29.2 Å². The molecular weight excluding hydrogens is 362 g/mol. The number of ketones is 3. The number of hydrogen-bond donors (Lipinski definition) is 1. The summed E-state index contributed by atoms with van der Waals surface area (Å²) < 4.78 is 4.99. The van der Waals surface area contributed by atoms with Crippen molar-refractivity contribution in [3.8, 4) is 5.75 Å². The van der Waals surface area contributed by atoms with Crippen LogP contribution >= 0.6 is 0 Å². The molecule has 0 radical (unpaired) electrons. The summed E-state index contributed by atoms with van der Waals surface area (Å²) in [7, 11) is 1.35. The molecule has 7 nitrogen and oxygen atoms in total. The SMILES string of the molecule is C=CCOC(=O)N(C)c1cc(C(C)=O)c(O)c2c1C(=O)c1ccccc1C2=O. The molecule has 142 valence electrons. The fraction of sp³-hybridized carbons (Fsp3) is 0.143. The van der Waals surface area contributed by atoms with E-state index in [9.17, 15) is 24.3 Å². The summed E-state index contributed by atoms with van der Waals surface area (Å²) in [6.07, 6.45) is 0.575. The number of hydrogen-bond acceptors (Lipinski definition) is 6. The zero-order chi connectivity index (χ0) is 20.6. The number of ether oxygens (including phenoxy) is 1. The number of aromatic hydroxyl groups is 1. The first-order chi connectivity index (χ1) is 13.3. The molecule has 0 fully saturated rings. The van der Waals surface area contributed by atoms with E-state index in [2.05, 4.69) is 6.58 Å². The fourth-order valence-electron chi connectivity index (χ4n) is 3.12. The Hall–Kier alpha value is -3.74. The van der Waals surface area contributed by atoms with Gasteiger partial charge in [-0.25, -0.2) is 4.79 Å². The number of carbonyl (C=O) groups is 4. The number of amides is 1. The second-order valence-electron chi connectivity index (χ2n) is 6.23. The van der Waals surface area contributed by atoms with E-state index in [4.69, 9.17) is 4.74 Å². The first-order valence-corrected chi connectivity index (χ1v) is 8.40. The summed E-state index contributed by atoms with van der Waals surface area (Å²) in [5.41, 5.74) is -0.334. The van der Waals surface area contributed by atoms with E-state index in [1.807, 2.05) is 0 Å². The van der Waals surface area contributed by atoms with E-state index >= 15 is 0 Å². The van der Waals surface area contributed by atoms with Gasteiger partial charge in [0.05, 0.1) is 22.4 Å². The summed E-state index contributed by atoms with van der Waals surface area (Å²) in [4.78, 5) is 51.4. The smallest absolute Gasteiger partial charge is 0.414 e. The maximum atomic E-state index is 13.1. The van der Waals surface area contributed by atoms with Crippen LogP contribution < -0.4 is 4.90 Å². The van der Waals surface area contributed by atoms with Gasteiger partial charge in [-0.05, 0) is 13.0 Å². The van der Waals surface area contributed by atoms with Crippen LogP contribution in [0.3, 0.4) is 0 Å². The van der Waals surface area contributed by atoms with E-state index in [-0.39, 0.29) is 40.1 Å². The van der Waals surface area contributed by atoms with E-state index in [1.165, 1.54) is 38.2 Å². The number of fused-ring (bicyclic) bond motifs is 2. The maximum Gasteiger partial charge on any atom is 0.414 e. The highest BCUT2D eigenvalue weighted by Gasteiger charge is 2.37. The Balaban J connectivity index is 2.30. The molecule has 28 heavy (non-hydrogen) atoms. The van der Waals surface area contributed by atoms with Crippen molar-refractivity contribution < 1.29 is 29.0 Å². The summed E-state index contributed by atoms with van der Waals surface area (Å²) in [5, 5.41) is 10.6. The van der Waals surface area contributed by atoms with Crippen LogP contribution in [-0.4, -0.2) is 42.2 Å². The maximum absolute atomic E-state index is 13.1. The first-order valence-electron chi connectivity index (χ1n) is 8.40. The lowest BCUT2D eigenvalue weighted by Gasteiger charge is -2.26. The van der Waals surface area contributed by atoms with Crippen molar-refractivity contribution in [2.24, 2.45) is 0 Å². The average Bonchev–Trinajstić information content (AvgIpc) is 2.69. The lowest BCUT2D eigenvalue weighted by molar-refractivity contribution is 0.0974. The first kappa shape index (κ1) is 19.0. The minimum Gasteiger partial charge on any atom is -0.506 e. The quantitative estimate of drug-likeness (QED) is 0.552. The molecular formula is C21H17NO6. The third kappa shape index (κ3) is 2.87. The van der Waals surface area contributed by atoms with Gasteiger partial charge in [-0.2, -0.15) is 0 Å².